The van der Waals surface area contributed by atoms with Gasteiger partial charge in [-0.3, -0.25) is 19.4 Å². The summed E-state index contributed by atoms with van der Waals surface area (Å²) in [4.78, 5) is 43.8. The number of carbonyl (C=O) groups is 2. The minimum absolute atomic E-state index is 0.152. The van der Waals surface area contributed by atoms with Gasteiger partial charge < -0.3 is 10.6 Å². The number of halogens is 1. The minimum atomic E-state index is -0.866. The summed E-state index contributed by atoms with van der Waals surface area (Å²) in [6.45, 7) is 5.49. The predicted octanol–water partition coefficient (Wildman–Crippen LogP) is 2.04. The van der Waals surface area contributed by atoms with Gasteiger partial charge in [0.1, 0.15) is 5.82 Å². The molecule has 0 radical (unpaired) electrons. The van der Waals surface area contributed by atoms with Crippen LogP contribution in [0.15, 0.2) is 35.1 Å². The fourth-order valence-corrected chi connectivity index (χ4v) is 3.03. The van der Waals surface area contributed by atoms with E-state index < -0.39 is 11.8 Å². The Labute approximate surface area is 177 Å². The molecule has 0 aliphatic rings. The van der Waals surface area contributed by atoms with Gasteiger partial charge in [-0.25, -0.2) is 4.98 Å². The number of benzene rings is 1. The molecule has 0 saturated heterocycles. The molecule has 0 fully saturated rings. The Morgan fingerprint density at radius 1 is 1.17 bits per heavy atom. The zero-order valence-electron chi connectivity index (χ0n) is 16.7. The molecule has 2 aromatic heterocycles. The standard InChI is InChI=1S/C20H21ClN6O3/c1-4-15-12(3)23-20(25-17(15)28)27-16(9-11(2)26-27)24-19(30)18(29)22-10-13-5-7-14(21)8-6-13/h5-9H,4,10H2,1-3H3,(H,22,29)(H,24,30)(H,23,25,28). The topological polar surface area (TPSA) is 122 Å². The molecule has 3 N–H and O–H groups in total. The van der Waals surface area contributed by atoms with Gasteiger partial charge in [0.15, 0.2) is 0 Å². The number of H-pyrrole nitrogens is 1. The van der Waals surface area contributed by atoms with Gasteiger partial charge in [0.05, 0.1) is 5.69 Å². The molecule has 30 heavy (non-hydrogen) atoms. The largest absolute Gasteiger partial charge is 0.344 e. The molecule has 156 valence electrons. The van der Waals surface area contributed by atoms with Crippen LogP contribution in [-0.4, -0.2) is 31.6 Å². The lowest BCUT2D eigenvalue weighted by atomic mass is 10.2. The third-order valence-electron chi connectivity index (χ3n) is 4.41. The van der Waals surface area contributed by atoms with Gasteiger partial charge in [0.2, 0.25) is 5.95 Å². The van der Waals surface area contributed by atoms with Crippen molar-refractivity contribution in [2.45, 2.75) is 33.7 Å². The monoisotopic (exact) mass is 428 g/mol. The molecule has 0 spiro atoms. The third kappa shape index (κ3) is 4.74. The highest BCUT2D eigenvalue weighted by atomic mass is 35.5. The van der Waals surface area contributed by atoms with Crippen LogP contribution < -0.4 is 16.2 Å². The molecule has 3 aromatic rings. The van der Waals surface area contributed by atoms with E-state index in [1.807, 2.05) is 6.92 Å². The molecule has 0 atom stereocenters. The fourth-order valence-electron chi connectivity index (χ4n) is 2.90. The number of nitrogens with one attached hydrogen (secondary N) is 3. The average molecular weight is 429 g/mol. The molecule has 0 aliphatic heterocycles. The van der Waals surface area contributed by atoms with Crippen LogP contribution in [0.2, 0.25) is 5.02 Å². The highest BCUT2D eigenvalue weighted by Crippen LogP contribution is 2.15. The van der Waals surface area contributed by atoms with Gasteiger partial charge in [-0.15, -0.1) is 0 Å². The van der Waals surface area contributed by atoms with Crippen molar-refractivity contribution < 1.29 is 9.59 Å². The summed E-state index contributed by atoms with van der Waals surface area (Å²) in [5, 5.41) is 9.89. The zero-order valence-corrected chi connectivity index (χ0v) is 17.5. The van der Waals surface area contributed by atoms with E-state index in [-0.39, 0.29) is 23.9 Å². The van der Waals surface area contributed by atoms with Gasteiger partial charge in [0, 0.05) is 28.9 Å². The highest BCUT2D eigenvalue weighted by molar-refractivity contribution is 6.39. The molecule has 0 unspecified atom stereocenters. The van der Waals surface area contributed by atoms with E-state index >= 15 is 0 Å². The number of aryl methyl sites for hydroxylation is 2. The Balaban J connectivity index is 1.76. The van der Waals surface area contributed by atoms with Crippen LogP contribution in [0.25, 0.3) is 5.95 Å². The van der Waals surface area contributed by atoms with Crippen molar-refractivity contribution in [1.82, 2.24) is 25.1 Å². The molecule has 2 heterocycles. The molecule has 2 amide bonds. The van der Waals surface area contributed by atoms with Gasteiger partial charge in [-0.05, 0) is 38.0 Å². The van der Waals surface area contributed by atoms with Crippen LogP contribution in [0, 0.1) is 13.8 Å². The summed E-state index contributed by atoms with van der Waals surface area (Å²) in [5.41, 5.74) is 2.25. The van der Waals surface area contributed by atoms with Crippen LogP contribution in [0.1, 0.15) is 29.4 Å². The second-order valence-corrected chi connectivity index (χ2v) is 7.09. The van der Waals surface area contributed by atoms with Crippen molar-refractivity contribution in [2.75, 3.05) is 5.32 Å². The van der Waals surface area contributed by atoms with E-state index in [0.717, 1.165) is 5.56 Å². The number of rotatable bonds is 5. The van der Waals surface area contributed by atoms with Crippen LogP contribution in [0.3, 0.4) is 0 Å². The molecule has 9 nitrogen and oxygen atoms in total. The lowest BCUT2D eigenvalue weighted by molar-refractivity contribution is -0.136. The summed E-state index contributed by atoms with van der Waals surface area (Å²) in [5.74, 6) is -1.31. The van der Waals surface area contributed by atoms with Crippen molar-refractivity contribution in [2.24, 2.45) is 0 Å². The Morgan fingerprint density at radius 2 is 1.87 bits per heavy atom. The van der Waals surface area contributed by atoms with Crippen molar-refractivity contribution >= 4 is 29.2 Å². The number of aromatic amines is 1. The number of hydrogen-bond donors (Lipinski definition) is 3. The Kier molecular flexibility index (Phi) is 6.31. The third-order valence-corrected chi connectivity index (χ3v) is 4.66. The second-order valence-electron chi connectivity index (χ2n) is 6.65. The number of carbonyl (C=O) groups excluding carboxylic acids is 2. The lowest BCUT2D eigenvalue weighted by Gasteiger charge is -2.10. The normalized spacial score (nSPS) is 10.7. The van der Waals surface area contributed by atoms with Gasteiger partial charge in [-0.2, -0.15) is 9.78 Å². The van der Waals surface area contributed by atoms with Crippen molar-refractivity contribution in [3.63, 3.8) is 0 Å². The molecule has 1 aromatic carbocycles. The average Bonchev–Trinajstić information content (AvgIpc) is 3.07. The number of amides is 2. The van der Waals surface area contributed by atoms with Gasteiger partial charge in [-0.1, -0.05) is 30.7 Å². The fraction of sp³-hybridized carbons (Fsp3) is 0.250. The number of hydrogen-bond acceptors (Lipinski definition) is 5. The second kappa shape index (κ2) is 8.91. The number of nitrogens with zero attached hydrogens (tertiary/aromatic N) is 3. The summed E-state index contributed by atoms with van der Waals surface area (Å²) < 4.78 is 1.29. The van der Waals surface area contributed by atoms with Crippen molar-refractivity contribution in [3.05, 3.63) is 68.2 Å². The Morgan fingerprint density at radius 3 is 2.50 bits per heavy atom. The summed E-state index contributed by atoms with van der Waals surface area (Å²) >= 11 is 5.83. The first kappa shape index (κ1) is 21.3. The highest BCUT2D eigenvalue weighted by Gasteiger charge is 2.19. The quantitative estimate of drug-likeness (QED) is 0.537. The first-order valence-electron chi connectivity index (χ1n) is 9.29. The van der Waals surface area contributed by atoms with Crippen LogP contribution in [0.4, 0.5) is 5.82 Å². The summed E-state index contributed by atoms with van der Waals surface area (Å²) in [7, 11) is 0. The molecule has 0 aliphatic carbocycles. The SMILES string of the molecule is CCc1c(C)nc(-n2nc(C)cc2NC(=O)C(=O)NCc2ccc(Cl)cc2)[nH]c1=O. The van der Waals surface area contributed by atoms with E-state index in [1.165, 1.54) is 4.68 Å². The predicted molar refractivity (Wildman–Crippen MR) is 113 cm³/mol. The summed E-state index contributed by atoms with van der Waals surface area (Å²) in [6.07, 6.45) is 0.546. The molecule has 0 saturated carbocycles. The maximum Gasteiger partial charge on any atom is 0.314 e. The van der Waals surface area contributed by atoms with Crippen molar-refractivity contribution in [3.8, 4) is 5.95 Å². The first-order chi connectivity index (χ1) is 14.3. The Bertz CT molecular complexity index is 1150. The Hall–Kier alpha value is -3.46. The lowest BCUT2D eigenvalue weighted by Crippen LogP contribution is -2.35. The maximum atomic E-state index is 12.3. The van der Waals surface area contributed by atoms with Crippen LogP contribution >= 0.6 is 11.6 Å². The first-order valence-corrected chi connectivity index (χ1v) is 9.66. The van der Waals surface area contributed by atoms with E-state index in [0.29, 0.717) is 28.4 Å². The molecule has 0 bridgehead atoms. The minimum Gasteiger partial charge on any atom is -0.344 e. The van der Waals surface area contributed by atoms with Crippen LogP contribution in [-0.2, 0) is 22.6 Å². The molecular formula is C20H21ClN6O3. The number of anilines is 1. The van der Waals surface area contributed by atoms with Gasteiger partial charge in [0.25, 0.3) is 5.56 Å². The van der Waals surface area contributed by atoms with E-state index in [2.05, 4.69) is 25.7 Å². The van der Waals surface area contributed by atoms with E-state index in [4.69, 9.17) is 11.6 Å². The van der Waals surface area contributed by atoms with E-state index in [1.54, 1.807) is 44.2 Å². The number of aromatic nitrogens is 4. The maximum absolute atomic E-state index is 12.3. The van der Waals surface area contributed by atoms with Crippen LogP contribution in [0.5, 0.6) is 0 Å². The molecular weight excluding hydrogens is 408 g/mol. The van der Waals surface area contributed by atoms with Crippen molar-refractivity contribution in [1.29, 1.82) is 0 Å². The summed E-state index contributed by atoms with van der Waals surface area (Å²) in [6, 6.07) is 8.48. The molecule has 3 rings (SSSR count). The van der Waals surface area contributed by atoms with Gasteiger partial charge >= 0.3 is 11.8 Å². The zero-order chi connectivity index (χ0) is 21.8. The smallest absolute Gasteiger partial charge is 0.314 e. The molecule has 10 heteroatoms. The van der Waals surface area contributed by atoms with E-state index in [9.17, 15) is 14.4 Å².